The fourth-order valence-electron chi connectivity index (χ4n) is 2.37. The van der Waals surface area contributed by atoms with Crippen LogP contribution in [0.3, 0.4) is 0 Å². The number of nitrogens with zero attached hydrogens (tertiary/aromatic N) is 1. The van der Waals surface area contributed by atoms with Gasteiger partial charge in [0.05, 0.1) is 5.92 Å². The maximum absolute atomic E-state index is 12.5. The van der Waals surface area contributed by atoms with Gasteiger partial charge in [0.15, 0.2) is 0 Å². The Morgan fingerprint density at radius 1 is 1.42 bits per heavy atom. The van der Waals surface area contributed by atoms with Gasteiger partial charge in [-0.1, -0.05) is 22.0 Å². The molecule has 1 amide bonds. The number of benzene rings is 1. The molecule has 1 aliphatic heterocycles. The summed E-state index contributed by atoms with van der Waals surface area (Å²) < 4.78 is 0.894. The SMILES string of the molecule is Cc1c(Br)cccc1C(=O)N1CCCC(C(=O)O)C1. The van der Waals surface area contributed by atoms with E-state index in [9.17, 15) is 9.59 Å². The molecule has 1 aromatic rings. The number of hydrogen-bond donors (Lipinski definition) is 1. The highest BCUT2D eigenvalue weighted by Crippen LogP contribution is 2.23. The number of piperidine rings is 1. The number of rotatable bonds is 2. The first-order chi connectivity index (χ1) is 9.00. The Morgan fingerprint density at radius 3 is 2.84 bits per heavy atom. The van der Waals surface area contributed by atoms with Crippen molar-refractivity contribution >= 4 is 27.8 Å². The lowest BCUT2D eigenvalue weighted by Gasteiger charge is -2.31. The zero-order valence-electron chi connectivity index (χ0n) is 10.7. The van der Waals surface area contributed by atoms with E-state index in [-0.39, 0.29) is 5.91 Å². The molecule has 1 heterocycles. The van der Waals surface area contributed by atoms with E-state index in [4.69, 9.17) is 5.11 Å². The maximum atomic E-state index is 12.5. The van der Waals surface area contributed by atoms with Gasteiger partial charge in [-0.3, -0.25) is 9.59 Å². The van der Waals surface area contributed by atoms with Crippen LogP contribution in [0.15, 0.2) is 22.7 Å². The van der Waals surface area contributed by atoms with Gasteiger partial charge in [-0.2, -0.15) is 0 Å². The lowest BCUT2D eigenvalue weighted by Crippen LogP contribution is -2.42. The summed E-state index contributed by atoms with van der Waals surface area (Å²) in [4.78, 5) is 25.1. The minimum absolute atomic E-state index is 0.0789. The van der Waals surface area contributed by atoms with Gasteiger partial charge < -0.3 is 10.0 Å². The number of carbonyl (C=O) groups is 2. The van der Waals surface area contributed by atoms with Crippen molar-refractivity contribution in [3.05, 3.63) is 33.8 Å². The minimum Gasteiger partial charge on any atom is -0.481 e. The summed E-state index contributed by atoms with van der Waals surface area (Å²) >= 11 is 3.41. The fraction of sp³-hybridized carbons (Fsp3) is 0.429. The molecule has 4 nitrogen and oxygen atoms in total. The Hall–Kier alpha value is -1.36. The zero-order valence-corrected chi connectivity index (χ0v) is 12.3. The number of amides is 1. The van der Waals surface area contributed by atoms with Crippen LogP contribution in [0.2, 0.25) is 0 Å². The van der Waals surface area contributed by atoms with Crippen molar-refractivity contribution in [1.82, 2.24) is 4.90 Å². The number of halogens is 1. The molecule has 0 aliphatic carbocycles. The fourth-order valence-corrected chi connectivity index (χ4v) is 2.74. The molecule has 1 atom stereocenters. The molecule has 1 N–H and O–H groups in total. The summed E-state index contributed by atoms with van der Waals surface area (Å²) in [5.41, 5.74) is 1.53. The van der Waals surface area contributed by atoms with E-state index in [0.717, 1.165) is 16.5 Å². The topological polar surface area (TPSA) is 57.6 Å². The van der Waals surface area contributed by atoms with Crippen molar-refractivity contribution in [1.29, 1.82) is 0 Å². The second-order valence-electron chi connectivity index (χ2n) is 4.84. The Morgan fingerprint density at radius 2 is 2.16 bits per heavy atom. The van der Waals surface area contributed by atoms with Crippen molar-refractivity contribution in [2.75, 3.05) is 13.1 Å². The quantitative estimate of drug-likeness (QED) is 0.909. The number of carboxylic acids is 1. The van der Waals surface area contributed by atoms with Crippen LogP contribution < -0.4 is 0 Å². The van der Waals surface area contributed by atoms with E-state index in [1.54, 1.807) is 11.0 Å². The first-order valence-electron chi connectivity index (χ1n) is 6.28. The normalized spacial score (nSPS) is 19.3. The molecule has 2 rings (SSSR count). The van der Waals surface area contributed by atoms with Crippen molar-refractivity contribution < 1.29 is 14.7 Å². The third kappa shape index (κ3) is 2.97. The number of carbonyl (C=O) groups excluding carboxylic acids is 1. The van der Waals surface area contributed by atoms with E-state index in [0.29, 0.717) is 25.1 Å². The van der Waals surface area contributed by atoms with E-state index in [1.165, 1.54) is 0 Å². The highest BCUT2D eigenvalue weighted by atomic mass is 79.9. The molecule has 1 saturated heterocycles. The largest absolute Gasteiger partial charge is 0.481 e. The summed E-state index contributed by atoms with van der Waals surface area (Å²) in [7, 11) is 0. The van der Waals surface area contributed by atoms with Crippen LogP contribution in [0.1, 0.15) is 28.8 Å². The van der Waals surface area contributed by atoms with Gasteiger partial charge in [0.1, 0.15) is 0 Å². The second-order valence-corrected chi connectivity index (χ2v) is 5.70. The third-order valence-electron chi connectivity index (χ3n) is 3.56. The van der Waals surface area contributed by atoms with Crippen molar-refractivity contribution in [3.8, 4) is 0 Å². The van der Waals surface area contributed by atoms with Crippen molar-refractivity contribution in [3.63, 3.8) is 0 Å². The molecule has 1 unspecified atom stereocenters. The molecule has 0 saturated carbocycles. The lowest BCUT2D eigenvalue weighted by atomic mass is 9.97. The Balaban J connectivity index is 2.19. The third-order valence-corrected chi connectivity index (χ3v) is 4.42. The average molecular weight is 326 g/mol. The number of aliphatic carboxylic acids is 1. The number of hydrogen-bond acceptors (Lipinski definition) is 2. The number of likely N-dealkylation sites (tertiary alicyclic amines) is 1. The van der Waals surface area contributed by atoms with Crippen LogP contribution in [0.25, 0.3) is 0 Å². The summed E-state index contributed by atoms with van der Waals surface area (Å²) in [6, 6.07) is 5.50. The van der Waals surface area contributed by atoms with Crippen molar-refractivity contribution in [2.45, 2.75) is 19.8 Å². The van der Waals surface area contributed by atoms with E-state index in [2.05, 4.69) is 15.9 Å². The van der Waals surface area contributed by atoms with Crippen LogP contribution >= 0.6 is 15.9 Å². The first-order valence-corrected chi connectivity index (χ1v) is 7.07. The molecule has 0 radical (unpaired) electrons. The van der Waals surface area contributed by atoms with Gasteiger partial charge >= 0.3 is 5.97 Å². The van der Waals surface area contributed by atoms with Gasteiger partial charge in [-0.25, -0.2) is 0 Å². The molecule has 0 bridgehead atoms. The smallest absolute Gasteiger partial charge is 0.308 e. The summed E-state index contributed by atoms with van der Waals surface area (Å²) in [5.74, 6) is -1.33. The second kappa shape index (κ2) is 5.74. The highest BCUT2D eigenvalue weighted by Gasteiger charge is 2.29. The van der Waals surface area contributed by atoms with Crippen LogP contribution in [0.5, 0.6) is 0 Å². The predicted molar refractivity (Wildman–Crippen MR) is 75.1 cm³/mol. The minimum atomic E-state index is -0.816. The maximum Gasteiger partial charge on any atom is 0.308 e. The molecule has 0 spiro atoms. The molecule has 1 aromatic carbocycles. The van der Waals surface area contributed by atoms with Gasteiger partial charge in [0, 0.05) is 23.1 Å². The van der Waals surface area contributed by atoms with Gasteiger partial charge in [-0.05, 0) is 37.5 Å². The lowest BCUT2D eigenvalue weighted by molar-refractivity contribution is -0.143. The molecular weight excluding hydrogens is 310 g/mol. The molecule has 102 valence electrons. The van der Waals surface area contributed by atoms with Gasteiger partial charge in [0.25, 0.3) is 5.91 Å². The standard InChI is InChI=1S/C14H16BrNO3/c1-9-11(5-2-6-12(9)15)13(17)16-7-3-4-10(8-16)14(18)19/h2,5-6,10H,3-4,7-8H2,1H3,(H,18,19). The molecule has 19 heavy (non-hydrogen) atoms. The summed E-state index contributed by atoms with van der Waals surface area (Å²) in [6.07, 6.45) is 1.40. The molecule has 1 aliphatic rings. The molecule has 0 aromatic heterocycles. The van der Waals surface area contributed by atoms with E-state index < -0.39 is 11.9 Å². The molecular formula is C14H16BrNO3. The number of carboxylic acid groups (broad SMARTS) is 1. The summed E-state index contributed by atoms with van der Waals surface area (Å²) in [5, 5.41) is 9.06. The van der Waals surface area contributed by atoms with Gasteiger partial charge in [0.2, 0.25) is 0 Å². The Labute approximate surface area is 120 Å². The van der Waals surface area contributed by atoms with Crippen LogP contribution in [0, 0.1) is 12.8 Å². The Bertz CT molecular complexity index is 515. The molecule has 1 fully saturated rings. The molecule has 5 heteroatoms. The van der Waals surface area contributed by atoms with E-state index in [1.807, 2.05) is 19.1 Å². The van der Waals surface area contributed by atoms with Crippen molar-refractivity contribution in [2.24, 2.45) is 5.92 Å². The van der Waals surface area contributed by atoms with Crippen LogP contribution in [-0.4, -0.2) is 35.0 Å². The predicted octanol–water partition coefficient (Wildman–Crippen LogP) is 2.69. The van der Waals surface area contributed by atoms with Gasteiger partial charge in [-0.15, -0.1) is 0 Å². The Kier molecular flexibility index (Phi) is 4.24. The van der Waals surface area contributed by atoms with Crippen LogP contribution in [-0.2, 0) is 4.79 Å². The first kappa shape index (κ1) is 14.1. The zero-order chi connectivity index (χ0) is 14.0. The monoisotopic (exact) mass is 325 g/mol. The summed E-state index contributed by atoms with van der Waals surface area (Å²) in [6.45, 7) is 2.82. The van der Waals surface area contributed by atoms with Crippen LogP contribution in [0.4, 0.5) is 0 Å². The van der Waals surface area contributed by atoms with E-state index >= 15 is 0 Å². The average Bonchev–Trinajstić information content (AvgIpc) is 2.41. The highest BCUT2D eigenvalue weighted by molar-refractivity contribution is 9.10.